The van der Waals surface area contributed by atoms with Crippen molar-refractivity contribution in [2.75, 3.05) is 6.54 Å². The first kappa shape index (κ1) is 11.9. The molecule has 0 atom stereocenters. The molecule has 0 unspecified atom stereocenters. The van der Waals surface area contributed by atoms with Crippen LogP contribution in [0.2, 0.25) is 0 Å². The van der Waals surface area contributed by atoms with Crippen molar-refractivity contribution in [2.24, 2.45) is 0 Å². The van der Waals surface area contributed by atoms with Gasteiger partial charge in [-0.15, -0.1) is 0 Å². The Bertz CT molecular complexity index is 457. The van der Waals surface area contributed by atoms with Crippen LogP contribution in [0.5, 0.6) is 0 Å². The van der Waals surface area contributed by atoms with Crippen LogP contribution < -0.4 is 5.32 Å². The molecule has 0 saturated carbocycles. The van der Waals surface area contributed by atoms with Gasteiger partial charge >= 0.3 is 0 Å². The molecular weight excluding hydrogens is 210 g/mol. The van der Waals surface area contributed by atoms with E-state index in [0.717, 1.165) is 19.6 Å². The van der Waals surface area contributed by atoms with E-state index < -0.39 is 0 Å². The molecule has 3 heteroatoms. The Morgan fingerprint density at radius 2 is 1.94 bits per heavy atom. The fourth-order valence-electron chi connectivity index (χ4n) is 1.77. The highest BCUT2D eigenvalue weighted by molar-refractivity contribution is 5.21. The second kappa shape index (κ2) is 5.64. The van der Waals surface area contributed by atoms with E-state index in [1.807, 2.05) is 10.9 Å². The van der Waals surface area contributed by atoms with E-state index >= 15 is 0 Å². The van der Waals surface area contributed by atoms with Crippen molar-refractivity contribution in [1.29, 1.82) is 0 Å². The molecule has 1 N–H and O–H groups in total. The average Bonchev–Trinajstić information content (AvgIpc) is 2.77. The van der Waals surface area contributed by atoms with Gasteiger partial charge in [-0.1, -0.05) is 36.8 Å². The molecule has 0 amide bonds. The number of hydrogen-bond acceptors (Lipinski definition) is 2. The lowest BCUT2D eigenvalue weighted by atomic mass is 10.1. The Kier molecular flexibility index (Phi) is 3.94. The Labute approximate surface area is 102 Å². The van der Waals surface area contributed by atoms with Crippen LogP contribution >= 0.6 is 0 Å². The Balaban J connectivity index is 2.07. The topological polar surface area (TPSA) is 29.9 Å². The van der Waals surface area contributed by atoms with Crippen LogP contribution in [0, 0.1) is 6.92 Å². The van der Waals surface area contributed by atoms with Crippen molar-refractivity contribution in [3.8, 4) is 0 Å². The largest absolute Gasteiger partial charge is 0.311 e. The van der Waals surface area contributed by atoms with Gasteiger partial charge in [0.1, 0.15) is 0 Å². The van der Waals surface area contributed by atoms with Crippen LogP contribution in [0.4, 0.5) is 0 Å². The highest BCUT2D eigenvalue weighted by atomic mass is 15.3. The van der Waals surface area contributed by atoms with Crippen molar-refractivity contribution in [2.45, 2.75) is 26.9 Å². The maximum absolute atomic E-state index is 4.36. The molecule has 1 aromatic heterocycles. The number of aromatic nitrogens is 2. The van der Waals surface area contributed by atoms with Gasteiger partial charge in [-0.3, -0.25) is 4.68 Å². The van der Waals surface area contributed by atoms with Crippen LogP contribution in [-0.2, 0) is 13.1 Å². The van der Waals surface area contributed by atoms with Crippen molar-refractivity contribution in [3.63, 3.8) is 0 Å². The first-order valence-corrected chi connectivity index (χ1v) is 6.06. The molecule has 0 aliphatic heterocycles. The minimum atomic E-state index is 0.841. The van der Waals surface area contributed by atoms with Gasteiger partial charge in [-0.2, -0.15) is 5.10 Å². The maximum Gasteiger partial charge on any atom is 0.0663 e. The number of aryl methyl sites for hydroxylation is 1. The summed E-state index contributed by atoms with van der Waals surface area (Å²) in [6, 6.07) is 10.7. The molecule has 2 rings (SSSR count). The molecule has 0 radical (unpaired) electrons. The minimum Gasteiger partial charge on any atom is -0.311 e. The fraction of sp³-hybridized carbons (Fsp3) is 0.357. The van der Waals surface area contributed by atoms with Gasteiger partial charge in [0.05, 0.1) is 12.2 Å². The zero-order valence-electron chi connectivity index (χ0n) is 10.5. The van der Waals surface area contributed by atoms with Crippen molar-refractivity contribution in [1.82, 2.24) is 15.1 Å². The molecule has 0 aliphatic carbocycles. The van der Waals surface area contributed by atoms with E-state index in [-0.39, 0.29) is 0 Å². The number of hydrogen-bond donors (Lipinski definition) is 1. The van der Waals surface area contributed by atoms with Crippen LogP contribution in [0.1, 0.15) is 23.7 Å². The van der Waals surface area contributed by atoms with E-state index in [9.17, 15) is 0 Å². The first-order chi connectivity index (χ1) is 8.29. The van der Waals surface area contributed by atoms with Gasteiger partial charge < -0.3 is 5.32 Å². The van der Waals surface area contributed by atoms with E-state index in [1.165, 1.54) is 16.8 Å². The molecule has 17 heavy (non-hydrogen) atoms. The SMILES string of the molecule is CCNCc1ccnn1Cc1ccc(C)cc1. The van der Waals surface area contributed by atoms with Gasteiger partial charge in [-0.05, 0) is 25.1 Å². The molecule has 0 saturated heterocycles. The maximum atomic E-state index is 4.36. The molecule has 0 bridgehead atoms. The van der Waals surface area contributed by atoms with Crippen LogP contribution in [0.3, 0.4) is 0 Å². The summed E-state index contributed by atoms with van der Waals surface area (Å²) in [6.07, 6.45) is 1.86. The van der Waals surface area contributed by atoms with Crippen LogP contribution in [0.15, 0.2) is 36.5 Å². The zero-order chi connectivity index (χ0) is 12.1. The lowest BCUT2D eigenvalue weighted by Crippen LogP contribution is -2.16. The molecular formula is C14H19N3. The summed E-state index contributed by atoms with van der Waals surface area (Å²) in [7, 11) is 0. The monoisotopic (exact) mass is 229 g/mol. The highest BCUT2D eigenvalue weighted by Gasteiger charge is 2.02. The predicted octanol–water partition coefficient (Wildman–Crippen LogP) is 2.35. The lowest BCUT2D eigenvalue weighted by Gasteiger charge is -2.08. The average molecular weight is 229 g/mol. The number of benzene rings is 1. The second-order valence-corrected chi connectivity index (χ2v) is 4.25. The molecule has 0 fully saturated rings. The standard InChI is InChI=1S/C14H19N3/c1-3-15-10-14-8-9-16-17(14)11-13-6-4-12(2)5-7-13/h4-9,15H,3,10-11H2,1-2H3. The summed E-state index contributed by atoms with van der Waals surface area (Å²) in [5.74, 6) is 0. The van der Waals surface area contributed by atoms with Crippen LogP contribution in [0.25, 0.3) is 0 Å². The van der Waals surface area contributed by atoms with E-state index in [2.05, 4.69) is 54.6 Å². The molecule has 1 aromatic carbocycles. The predicted molar refractivity (Wildman–Crippen MR) is 69.9 cm³/mol. The summed E-state index contributed by atoms with van der Waals surface area (Å²) in [6.45, 7) is 6.92. The smallest absolute Gasteiger partial charge is 0.0663 e. The van der Waals surface area contributed by atoms with Crippen molar-refractivity contribution in [3.05, 3.63) is 53.3 Å². The van der Waals surface area contributed by atoms with Crippen molar-refractivity contribution < 1.29 is 0 Å². The quantitative estimate of drug-likeness (QED) is 0.853. The summed E-state index contributed by atoms with van der Waals surface area (Å²) in [4.78, 5) is 0. The highest BCUT2D eigenvalue weighted by Crippen LogP contribution is 2.07. The van der Waals surface area contributed by atoms with E-state index in [1.54, 1.807) is 0 Å². The summed E-state index contributed by atoms with van der Waals surface area (Å²) in [5.41, 5.74) is 3.81. The second-order valence-electron chi connectivity index (χ2n) is 4.25. The zero-order valence-corrected chi connectivity index (χ0v) is 10.5. The van der Waals surface area contributed by atoms with Gasteiger partial charge in [0.25, 0.3) is 0 Å². The normalized spacial score (nSPS) is 10.7. The third-order valence-electron chi connectivity index (χ3n) is 2.81. The minimum absolute atomic E-state index is 0.841. The molecule has 2 aromatic rings. The lowest BCUT2D eigenvalue weighted by molar-refractivity contribution is 0.606. The van der Waals surface area contributed by atoms with E-state index in [0.29, 0.717) is 0 Å². The van der Waals surface area contributed by atoms with E-state index in [4.69, 9.17) is 0 Å². The number of nitrogens with zero attached hydrogens (tertiary/aromatic N) is 2. The summed E-state index contributed by atoms with van der Waals surface area (Å²) in [5, 5.41) is 7.69. The Morgan fingerprint density at radius 1 is 1.18 bits per heavy atom. The molecule has 1 heterocycles. The summed E-state index contributed by atoms with van der Waals surface area (Å²) < 4.78 is 2.05. The Morgan fingerprint density at radius 3 is 2.65 bits per heavy atom. The summed E-state index contributed by atoms with van der Waals surface area (Å²) >= 11 is 0. The third-order valence-corrected chi connectivity index (χ3v) is 2.81. The van der Waals surface area contributed by atoms with Gasteiger partial charge in [0.15, 0.2) is 0 Å². The molecule has 0 aliphatic rings. The first-order valence-electron chi connectivity index (χ1n) is 6.06. The number of rotatable bonds is 5. The molecule has 0 spiro atoms. The number of nitrogens with one attached hydrogen (secondary N) is 1. The van der Waals surface area contributed by atoms with Crippen molar-refractivity contribution >= 4 is 0 Å². The van der Waals surface area contributed by atoms with Gasteiger partial charge in [-0.25, -0.2) is 0 Å². The molecule has 90 valence electrons. The molecule has 3 nitrogen and oxygen atoms in total. The van der Waals surface area contributed by atoms with Crippen LogP contribution in [-0.4, -0.2) is 16.3 Å². The van der Waals surface area contributed by atoms with Gasteiger partial charge in [0.2, 0.25) is 0 Å². The third kappa shape index (κ3) is 3.17. The fourth-order valence-corrected chi connectivity index (χ4v) is 1.77. The Hall–Kier alpha value is -1.61. The van der Waals surface area contributed by atoms with Gasteiger partial charge in [0, 0.05) is 12.7 Å².